The molecule has 263 valence electrons. The zero-order valence-electron chi connectivity index (χ0n) is 27.2. The summed E-state index contributed by atoms with van der Waals surface area (Å²) in [5.74, 6) is -0.840. The number of carbonyl (C=O) groups excluding carboxylic acids is 3. The quantitative estimate of drug-likeness (QED) is 0.283. The fraction of sp³-hybridized carbons (Fsp3) is 0.900. The van der Waals surface area contributed by atoms with Crippen molar-refractivity contribution >= 4 is 47.7 Å². The van der Waals surface area contributed by atoms with Crippen molar-refractivity contribution in [3.8, 4) is 0 Å². The molecule has 0 spiro atoms. The van der Waals surface area contributed by atoms with Crippen molar-refractivity contribution in [1.82, 2.24) is 0 Å². The number of hydrogen-bond acceptors (Lipinski definition) is 12. The Morgan fingerprint density at radius 3 is 0.804 bits per heavy atom. The van der Waals surface area contributed by atoms with Crippen LogP contribution < -0.4 is 0 Å². The van der Waals surface area contributed by atoms with Gasteiger partial charge in [-0.25, -0.2) is 25.3 Å². The summed E-state index contributed by atoms with van der Waals surface area (Å²) in [6.07, 6.45) is 5.63. The normalized spacial score (nSPS) is 37.8. The Balaban J connectivity index is 0.000000186. The minimum atomic E-state index is -4.33. The molecule has 0 amide bonds. The van der Waals surface area contributed by atoms with E-state index in [1.165, 1.54) is 0 Å². The molecule has 6 atom stereocenters. The smallest absolute Gasteiger partial charge is 0.748 e. The average Bonchev–Trinajstić information content (AvgIpc) is 3.48. The van der Waals surface area contributed by atoms with E-state index in [1.807, 2.05) is 41.5 Å². The Hall–Kier alpha value is -0.741. The molecule has 3 unspecified atom stereocenters. The van der Waals surface area contributed by atoms with Gasteiger partial charge in [-0.3, -0.25) is 14.4 Å². The summed E-state index contributed by atoms with van der Waals surface area (Å²) in [4.78, 5) is 35.5. The van der Waals surface area contributed by atoms with Gasteiger partial charge < -0.3 is 13.7 Å². The summed E-state index contributed by atoms with van der Waals surface area (Å²) in [5, 5.41) is 0. The summed E-state index contributed by atoms with van der Waals surface area (Å²) in [6, 6.07) is 0. The first-order valence-corrected chi connectivity index (χ1v) is 20.2. The van der Waals surface area contributed by atoms with Gasteiger partial charge in [0, 0.05) is 35.5 Å². The number of fused-ring (bicyclic) bond motifs is 6. The van der Waals surface area contributed by atoms with Crippen LogP contribution in [0.15, 0.2) is 0 Å². The first-order chi connectivity index (χ1) is 20.1. The Morgan fingerprint density at radius 1 is 0.500 bits per heavy atom. The van der Waals surface area contributed by atoms with E-state index in [-0.39, 0.29) is 68.4 Å². The van der Waals surface area contributed by atoms with Crippen LogP contribution in [0, 0.1) is 50.2 Å². The molecular formula is C30H45FeO12S3. The van der Waals surface area contributed by atoms with Gasteiger partial charge in [0.05, 0.1) is 47.6 Å². The number of rotatable bonds is 6. The second-order valence-electron chi connectivity index (χ2n) is 16.1. The van der Waals surface area contributed by atoms with Gasteiger partial charge in [-0.15, -0.1) is 0 Å². The van der Waals surface area contributed by atoms with E-state index < -0.39 is 63.9 Å². The second-order valence-corrected chi connectivity index (χ2v) is 20.3. The van der Waals surface area contributed by atoms with Crippen LogP contribution in [-0.2, 0) is 61.8 Å². The van der Waals surface area contributed by atoms with Gasteiger partial charge in [0.2, 0.25) is 0 Å². The average molecular weight is 750 g/mol. The van der Waals surface area contributed by atoms with Crippen molar-refractivity contribution in [1.29, 1.82) is 0 Å². The molecule has 0 aromatic carbocycles. The molecule has 16 heteroatoms. The zero-order chi connectivity index (χ0) is 34.4. The molecule has 0 aliphatic heterocycles. The van der Waals surface area contributed by atoms with E-state index in [9.17, 15) is 53.3 Å². The standard InChI is InChI=1S/3C10H16O4S.Fe/c3*1-9(2)7-3-4-10(9,8(11)5-7)6-15(12,13)14;/h3*7H,3-6H2,1-2H3,(H,12,13,14);/q;;;+3/p-3/t3*7?,10-;/m000./s1. The van der Waals surface area contributed by atoms with Gasteiger partial charge in [0.1, 0.15) is 17.3 Å². The maximum atomic E-state index is 11.8. The second kappa shape index (κ2) is 11.9. The first-order valence-electron chi connectivity index (χ1n) is 15.5. The fourth-order valence-corrected chi connectivity index (χ4v) is 14.1. The number of carbonyl (C=O) groups is 3. The predicted octanol–water partition coefficient (Wildman–Crippen LogP) is 2.78. The van der Waals surface area contributed by atoms with Crippen molar-refractivity contribution in [3.05, 3.63) is 0 Å². The maximum absolute atomic E-state index is 11.8. The summed E-state index contributed by atoms with van der Waals surface area (Å²) in [6.45, 7) is 11.5. The van der Waals surface area contributed by atoms with Crippen LogP contribution in [-0.4, -0.2) is 73.5 Å². The minimum absolute atomic E-state index is 0. The molecule has 6 aliphatic carbocycles. The van der Waals surface area contributed by atoms with E-state index in [2.05, 4.69) is 0 Å². The molecule has 0 aromatic heterocycles. The summed E-state index contributed by atoms with van der Waals surface area (Å²) < 4.78 is 98.1. The molecule has 46 heavy (non-hydrogen) atoms. The van der Waals surface area contributed by atoms with Crippen molar-refractivity contribution in [2.75, 3.05) is 17.3 Å². The van der Waals surface area contributed by atoms with Crippen LogP contribution in [0.4, 0.5) is 0 Å². The Bertz CT molecular complexity index is 1420. The van der Waals surface area contributed by atoms with Crippen molar-refractivity contribution < 1.29 is 70.4 Å². The molecule has 6 rings (SSSR count). The van der Waals surface area contributed by atoms with E-state index in [4.69, 9.17) is 0 Å². The number of Topliss-reactive ketones (excluding diaryl/α,β-unsaturated/α-hetero) is 3. The Morgan fingerprint density at radius 2 is 0.696 bits per heavy atom. The van der Waals surface area contributed by atoms with Gasteiger partial charge in [0.15, 0.2) is 0 Å². The van der Waals surface area contributed by atoms with E-state index in [0.717, 1.165) is 19.3 Å². The summed E-state index contributed by atoms with van der Waals surface area (Å²) >= 11 is 0. The zero-order valence-corrected chi connectivity index (χ0v) is 30.7. The fourth-order valence-electron chi connectivity index (χ4n) is 10.2. The molecule has 12 nitrogen and oxygen atoms in total. The van der Waals surface area contributed by atoms with E-state index in [1.54, 1.807) is 0 Å². The molecule has 6 aliphatic rings. The molecule has 1 radical (unpaired) electrons. The van der Waals surface area contributed by atoms with Gasteiger partial charge in [-0.05, 0) is 72.5 Å². The number of hydrogen-bond donors (Lipinski definition) is 0. The Labute approximate surface area is 283 Å². The van der Waals surface area contributed by atoms with Crippen LogP contribution in [0.5, 0.6) is 0 Å². The number of ketones is 3. The molecule has 0 saturated heterocycles. The molecular weight excluding hydrogens is 704 g/mol. The molecule has 0 heterocycles. The molecule has 6 saturated carbocycles. The topological polar surface area (TPSA) is 223 Å². The third kappa shape index (κ3) is 6.35. The third-order valence-electron chi connectivity index (χ3n) is 13.7. The van der Waals surface area contributed by atoms with Crippen molar-refractivity contribution in [3.63, 3.8) is 0 Å². The van der Waals surface area contributed by atoms with E-state index in [0.29, 0.717) is 38.5 Å². The van der Waals surface area contributed by atoms with Crippen LogP contribution >= 0.6 is 0 Å². The SMILES string of the molecule is CC1(C)C2CC[C@]1(CS(=O)(=O)[O-])C(=O)C2.CC1(C)C2CC[C@]1(CS(=O)(=O)[O-])C(=O)C2.CC1(C)C2CC[C@]1(CS(=O)(=O)[O-])C(=O)C2.[Fe+3]. The van der Waals surface area contributed by atoms with Gasteiger partial charge >= 0.3 is 17.1 Å². The predicted molar refractivity (Wildman–Crippen MR) is 159 cm³/mol. The van der Waals surface area contributed by atoms with Gasteiger partial charge in [0.25, 0.3) is 0 Å². The van der Waals surface area contributed by atoms with Gasteiger partial charge in [-0.1, -0.05) is 41.5 Å². The van der Waals surface area contributed by atoms with Crippen LogP contribution in [0.3, 0.4) is 0 Å². The minimum Gasteiger partial charge on any atom is -0.748 e. The van der Waals surface area contributed by atoms with E-state index >= 15 is 0 Å². The van der Waals surface area contributed by atoms with Crippen molar-refractivity contribution in [2.24, 2.45) is 50.2 Å². The summed E-state index contributed by atoms with van der Waals surface area (Å²) in [5.41, 5.74) is -3.67. The molecule has 0 aromatic rings. The van der Waals surface area contributed by atoms with Gasteiger partial charge in [-0.2, -0.15) is 0 Å². The summed E-state index contributed by atoms with van der Waals surface area (Å²) in [7, 11) is -13.0. The van der Waals surface area contributed by atoms with Crippen LogP contribution in [0.1, 0.15) is 99.3 Å². The first kappa shape index (κ1) is 39.7. The molecule has 6 fully saturated rings. The molecule has 0 N–H and O–H groups in total. The monoisotopic (exact) mass is 749 g/mol. The molecule has 6 bridgehead atoms. The van der Waals surface area contributed by atoms with Crippen molar-refractivity contribution in [2.45, 2.75) is 99.3 Å². The largest absolute Gasteiger partial charge is 3.00 e. The third-order valence-corrected chi connectivity index (χ3v) is 16.2. The van der Waals surface area contributed by atoms with Crippen LogP contribution in [0.2, 0.25) is 0 Å². The maximum Gasteiger partial charge on any atom is 3.00 e. The van der Waals surface area contributed by atoms with Crippen LogP contribution in [0.25, 0.3) is 0 Å². The Kier molecular flexibility index (Phi) is 10.3.